The number of nitrogens with zero attached hydrogens (tertiary/aromatic N) is 1. The summed E-state index contributed by atoms with van der Waals surface area (Å²) in [5.74, 6) is 0.0510. The molecule has 18 heavy (non-hydrogen) atoms. The Kier molecular flexibility index (Phi) is 3.46. The van der Waals surface area contributed by atoms with E-state index in [4.69, 9.17) is 0 Å². The van der Waals surface area contributed by atoms with E-state index in [0.717, 1.165) is 37.7 Å². The molecule has 0 aromatic carbocycles. The molecule has 1 spiro atoms. The molecular formula is C14H22N2O2. The van der Waals surface area contributed by atoms with Crippen LogP contribution in [0.4, 0.5) is 0 Å². The largest absolute Gasteiger partial charge is 0.340 e. The molecule has 1 atom stereocenters. The van der Waals surface area contributed by atoms with Crippen molar-refractivity contribution in [2.45, 2.75) is 57.5 Å². The fourth-order valence-corrected chi connectivity index (χ4v) is 2.98. The molecule has 1 N–H and O–H groups in total. The molecule has 1 heterocycles. The van der Waals surface area contributed by atoms with Gasteiger partial charge in [0.05, 0.1) is 0 Å². The summed E-state index contributed by atoms with van der Waals surface area (Å²) >= 11 is 0. The van der Waals surface area contributed by atoms with Crippen molar-refractivity contribution in [1.82, 2.24) is 10.2 Å². The Morgan fingerprint density at radius 3 is 2.56 bits per heavy atom. The highest BCUT2D eigenvalue weighted by Crippen LogP contribution is 2.33. The lowest BCUT2D eigenvalue weighted by molar-refractivity contribution is -0.155. The lowest BCUT2D eigenvalue weighted by Gasteiger charge is -2.47. The lowest BCUT2D eigenvalue weighted by atomic mass is 9.78. The van der Waals surface area contributed by atoms with Gasteiger partial charge in [-0.05, 0) is 26.7 Å². The van der Waals surface area contributed by atoms with E-state index in [1.165, 1.54) is 0 Å². The van der Waals surface area contributed by atoms with Gasteiger partial charge in [0, 0.05) is 6.54 Å². The fourth-order valence-electron chi connectivity index (χ4n) is 2.98. The number of carbonyl (C=O) groups excluding carboxylic acids is 2. The van der Waals surface area contributed by atoms with Crippen molar-refractivity contribution in [1.29, 1.82) is 0 Å². The maximum absolute atomic E-state index is 12.7. The van der Waals surface area contributed by atoms with Crippen molar-refractivity contribution in [2.24, 2.45) is 0 Å². The highest BCUT2D eigenvalue weighted by atomic mass is 16.2. The van der Waals surface area contributed by atoms with Crippen LogP contribution in [0.2, 0.25) is 0 Å². The maximum atomic E-state index is 12.7. The van der Waals surface area contributed by atoms with E-state index in [2.05, 4.69) is 11.9 Å². The Hall–Kier alpha value is -1.32. The van der Waals surface area contributed by atoms with Gasteiger partial charge >= 0.3 is 0 Å². The maximum Gasteiger partial charge on any atom is 0.249 e. The molecule has 1 aliphatic carbocycles. The van der Waals surface area contributed by atoms with Crippen LogP contribution < -0.4 is 5.32 Å². The minimum Gasteiger partial charge on any atom is -0.340 e. The number of hydrogen-bond donors (Lipinski definition) is 1. The summed E-state index contributed by atoms with van der Waals surface area (Å²) in [7, 11) is 0. The highest BCUT2D eigenvalue weighted by molar-refractivity contribution is 5.99. The van der Waals surface area contributed by atoms with Crippen LogP contribution in [0.1, 0.15) is 46.0 Å². The first-order valence-electron chi connectivity index (χ1n) is 6.74. The van der Waals surface area contributed by atoms with Crippen molar-refractivity contribution >= 4 is 11.8 Å². The average molecular weight is 250 g/mol. The predicted octanol–water partition coefficient (Wildman–Crippen LogP) is 1.61. The fraction of sp³-hybridized carbons (Fsp3) is 0.714. The molecule has 2 rings (SSSR count). The van der Waals surface area contributed by atoms with Gasteiger partial charge in [-0.1, -0.05) is 31.4 Å². The van der Waals surface area contributed by atoms with Gasteiger partial charge in [-0.2, -0.15) is 0 Å². The van der Waals surface area contributed by atoms with Crippen molar-refractivity contribution in [3.63, 3.8) is 0 Å². The minimum atomic E-state index is -0.628. The van der Waals surface area contributed by atoms with Gasteiger partial charge in [0.2, 0.25) is 11.8 Å². The van der Waals surface area contributed by atoms with E-state index in [9.17, 15) is 9.59 Å². The zero-order chi connectivity index (χ0) is 13.3. The van der Waals surface area contributed by atoms with E-state index in [1.54, 1.807) is 11.8 Å². The van der Waals surface area contributed by atoms with E-state index >= 15 is 0 Å². The summed E-state index contributed by atoms with van der Waals surface area (Å²) in [6, 6.07) is -0.387. The molecule has 2 amide bonds. The van der Waals surface area contributed by atoms with Gasteiger partial charge in [0.1, 0.15) is 11.6 Å². The number of nitrogens with one attached hydrogen (secondary N) is 1. The van der Waals surface area contributed by atoms with Crippen LogP contribution in [-0.2, 0) is 9.59 Å². The second-order valence-electron chi connectivity index (χ2n) is 5.70. The number of rotatable bonds is 2. The van der Waals surface area contributed by atoms with Crippen molar-refractivity contribution in [2.75, 3.05) is 6.54 Å². The zero-order valence-corrected chi connectivity index (χ0v) is 11.3. The van der Waals surface area contributed by atoms with Crippen molar-refractivity contribution in [3.05, 3.63) is 12.2 Å². The molecule has 2 aliphatic rings. The average Bonchev–Trinajstić information content (AvgIpc) is 2.33. The normalized spacial score (nSPS) is 27.2. The van der Waals surface area contributed by atoms with Crippen LogP contribution in [0.25, 0.3) is 0 Å². The van der Waals surface area contributed by atoms with Gasteiger partial charge in [-0.3, -0.25) is 9.59 Å². The minimum absolute atomic E-state index is 0.0299. The first-order chi connectivity index (χ1) is 8.46. The molecule has 100 valence electrons. The third kappa shape index (κ3) is 2.16. The molecule has 0 bridgehead atoms. The molecule has 2 fully saturated rings. The second kappa shape index (κ2) is 4.75. The van der Waals surface area contributed by atoms with Gasteiger partial charge in [0.25, 0.3) is 0 Å². The summed E-state index contributed by atoms with van der Waals surface area (Å²) in [5.41, 5.74) is 0.285. The van der Waals surface area contributed by atoms with Crippen LogP contribution in [0.3, 0.4) is 0 Å². The molecule has 1 saturated heterocycles. The van der Waals surface area contributed by atoms with Crippen LogP contribution in [0, 0.1) is 0 Å². The van der Waals surface area contributed by atoms with Crippen LogP contribution >= 0.6 is 0 Å². The van der Waals surface area contributed by atoms with Gasteiger partial charge in [-0.25, -0.2) is 0 Å². The smallest absolute Gasteiger partial charge is 0.249 e. The topological polar surface area (TPSA) is 49.4 Å². The number of piperazine rings is 1. The Morgan fingerprint density at radius 1 is 1.39 bits per heavy atom. The molecule has 1 aliphatic heterocycles. The van der Waals surface area contributed by atoms with Crippen LogP contribution in [0.15, 0.2) is 12.2 Å². The first-order valence-corrected chi connectivity index (χ1v) is 6.74. The van der Waals surface area contributed by atoms with Crippen LogP contribution in [0.5, 0.6) is 0 Å². The molecule has 0 aromatic heterocycles. The Labute approximate surface area is 108 Å². The van der Waals surface area contributed by atoms with Crippen LogP contribution in [-0.4, -0.2) is 34.8 Å². The molecule has 1 saturated carbocycles. The number of carbonyl (C=O) groups is 2. The van der Waals surface area contributed by atoms with E-state index in [0.29, 0.717) is 6.54 Å². The summed E-state index contributed by atoms with van der Waals surface area (Å²) in [4.78, 5) is 26.4. The number of amides is 2. The highest BCUT2D eigenvalue weighted by Gasteiger charge is 2.49. The summed E-state index contributed by atoms with van der Waals surface area (Å²) in [5, 5.41) is 2.97. The quantitative estimate of drug-likeness (QED) is 0.757. The molecule has 1 unspecified atom stereocenters. The third-order valence-corrected chi connectivity index (χ3v) is 4.03. The van der Waals surface area contributed by atoms with Gasteiger partial charge < -0.3 is 10.2 Å². The molecule has 4 heteroatoms. The van der Waals surface area contributed by atoms with E-state index < -0.39 is 5.54 Å². The zero-order valence-electron chi connectivity index (χ0n) is 11.3. The van der Waals surface area contributed by atoms with Crippen molar-refractivity contribution in [3.8, 4) is 0 Å². The molecule has 4 nitrogen and oxygen atoms in total. The van der Waals surface area contributed by atoms with E-state index in [1.807, 2.05) is 6.92 Å². The molecule has 0 radical (unpaired) electrons. The summed E-state index contributed by atoms with van der Waals surface area (Å²) < 4.78 is 0. The number of hydrogen-bond acceptors (Lipinski definition) is 2. The van der Waals surface area contributed by atoms with Gasteiger partial charge in [0.15, 0.2) is 0 Å². The van der Waals surface area contributed by atoms with E-state index in [-0.39, 0.29) is 17.9 Å². The first kappa shape index (κ1) is 13.1. The van der Waals surface area contributed by atoms with Gasteiger partial charge in [-0.15, -0.1) is 0 Å². The Morgan fingerprint density at radius 2 is 2.00 bits per heavy atom. The second-order valence-corrected chi connectivity index (χ2v) is 5.70. The Bertz CT molecular complexity index is 383. The summed E-state index contributed by atoms with van der Waals surface area (Å²) in [6.07, 6.45) is 4.73. The summed E-state index contributed by atoms with van der Waals surface area (Å²) in [6.45, 7) is 8.00. The molecule has 0 aromatic rings. The third-order valence-electron chi connectivity index (χ3n) is 4.03. The SMILES string of the molecule is C=C(C)CN1C(=O)C2(CCCCC2)NC(=O)C1C. The Balaban J connectivity index is 2.26. The monoisotopic (exact) mass is 250 g/mol. The lowest BCUT2D eigenvalue weighted by Crippen LogP contribution is -2.70. The van der Waals surface area contributed by atoms with Crippen molar-refractivity contribution < 1.29 is 9.59 Å². The standard InChI is InChI=1S/C14H22N2O2/c1-10(2)9-16-11(3)12(17)15-14(13(16)18)7-5-4-6-8-14/h11H,1,4-9H2,2-3H3,(H,15,17). The predicted molar refractivity (Wildman–Crippen MR) is 69.9 cm³/mol. The molecular weight excluding hydrogens is 228 g/mol.